The largest absolute Gasteiger partial charge is 0.480 e. The van der Waals surface area contributed by atoms with Crippen LogP contribution in [0, 0.1) is 0 Å². The molecule has 0 fully saturated rings. The van der Waals surface area contributed by atoms with E-state index in [1.54, 1.807) is 54.6 Å². The summed E-state index contributed by atoms with van der Waals surface area (Å²) in [6.07, 6.45) is -1.32. The van der Waals surface area contributed by atoms with Crippen LogP contribution in [-0.2, 0) is 16.0 Å². The van der Waals surface area contributed by atoms with Crippen molar-refractivity contribution in [3.8, 4) is 0 Å². The Labute approximate surface area is 133 Å². The van der Waals surface area contributed by atoms with E-state index in [0.29, 0.717) is 16.8 Å². The monoisotopic (exact) mass is 314 g/mol. The minimum atomic E-state index is -1.42. The first kappa shape index (κ1) is 16.5. The lowest BCUT2D eigenvalue weighted by molar-refractivity contribution is -0.145. The zero-order chi connectivity index (χ0) is 16.8. The number of aliphatic hydroxyl groups excluding tert-OH is 1. The molecule has 2 aromatic rings. The number of amides is 1. The fourth-order valence-corrected chi connectivity index (χ4v) is 2.16. The highest BCUT2D eigenvalue weighted by Gasteiger charge is 2.29. The Bertz CT molecular complexity index is 671. The molecule has 0 aliphatic heterocycles. The molecular weight excluding hydrogens is 296 g/mol. The molecule has 6 heteroatoms. The summed E-state index contributed by atoms with van der Waals surface area (Å²) in [6.45, 7) is 0. The predicted molar refractivity (Wildman–Crippen MR) is 85.5 cm³/mol. The molecular formula is C17H18N2O4. The van der Waals surface area contributed by atoms with E-state index in [-0.39, 0.29) is 6.42 Å². The number of aliphatic hydroxyl groups is 1. The average Bonchev–Trinajstić information content (AvgIpc) is 2.55. The maximum Gasteiger partial charge on any atom is 0.329 e. The van der Waals surface area contributed by atoms with Crippen molar-refractivity contribution in [3.63, 3.8) is 0 Å². The molecule has 6 nitrogen and oxygen atoms in total. The fraction of sp³-hybridized carbons (Fsp3) is 0.176. The molecule has 0 heterocycles. The van der Waals surface area contributed by atoms with Gasteiger partial charge in [-0.25, -0.2) is 4.79 Å². The van der Waals surface area contributed by atoms with Crippen LogP contribution in [0.4, 0.5) is 5.69 Å². The van der Waals surface area contributed by atoms with Crippen LogP contribution in [-0.4, -0.2) is 28.1 Å². The number of carbonyl (C=O) groups is 2. The highest BCUT2D eigenvalue weighted by Crippen LogP contribution is 2.17. The highest BCUT2D eigenvalue weighted by molar-refractivity contribution is 5.85. The molecule has 0 bridgehead atoms. The maximum atomic E-state index is 12.0. The Hall–Kier alpha value is -2.86. The Morgan fingerprint density at radius 1 is 1.04 bits per heavy atom. The lowest BCUT2D eigenvalue weighted by Crippen LogP contribution is -2.45. The summed E-state index contributed by atoms with van der Waals surface area (Å²) in [5, 5.41) is 21.8. The standard InChI is InChI=1S/C17H18N2O4/c18-13-8-6-11(7-9-13)10-14(20)19-15(17(22)23)16(21)12-4-2-1-3-5-12/h1-9,15-16,21H,10,18H2,(H,19,20)(H,22,23)/t15-,16+/m0/s1. The fourth-order valence-electron chi connectivity index (χ4n) is 2.16. The first-order chi connectivity index (χ1) is 11.0. The van der Waals surface area contributed by atoms with Crippen LogP contribution in [0.5, 0.6) is 0 Å². The molecule has 1 amide bonds. The van der Waals surface area contributed by atoms with E-state index in [1.807, 2.05) is 0 Å². The van der Waals surface area contributed by atoms with Gasteiger partial charge in [0.2, 0.25) is 5.91 Å². The number of carboxylic acid groups (broad SMARTS) is 1. The minimum absolute atomic E-state index is 0.00553. The minimum Gasteiger partial charge on any atom is -0.480 e. The lowest BCUT2D eigenvalue weighted by atomic mass is 10.0. The van der Waals surface area contributed by atoms with Gasteiger partial charge in [0.1, 0.15) is 6.10 Å². The van der Waals surface area contributed by atoms with Gasteiger partial charge in [-0.3, -0.25) is 4.79 Å². The van der Waals surface area contributed by atoms with Gasteiger partial charge in [0, 0.05) is 5.69 Å². The van der Waals surface area contributed by atoms with E-state index < -0.39 is 24.0 Å². The molecule has 0 saturated carbocycles. The number of nitrogens with one attached hydrogen (secondary N) is 1. The van der Waals surface area contributed by atoms with Gasteiger partial charge in [0.25, 0.3) is 0 Å². The average molecular weight is 314 g/mol. The summed E-state index contributed by atoms with van der Waals surface area (Å²) >= 11 is 0. The molecule has 5 N–H and O–H groups in total. The number of rotatable bonds is 6. The molecule has 2 aromatic carbocycles. The van der Waals surface area contributed by atoms with Gasteiger partial charge < -0.3 is 21.3 Å². The van der Waals surface area contributed by atoms with E-state index in [1.165, 1.54) is 0 Å². The van der Waals surface area contributed by atoms with Crippen LogP contribution < -0.4 is 11.1 Å². The number of nitrogen functional groups attached to an aromatic ring is 1. The second-order valence-electron chi connectivity index (χ2n) is 5.16. The van der Waals surface area contributed by atoms with Gasteiger partial charge in [0.05, 0.1) is 6.42 Å². The van der Waals surface area contributed by atoms with Crippen molar-refractivity contribution >= 4 is 17.6 Å². The van der Waals surface area contributed by atoms with Gasteiger partial charge in [-0.05, 0) is 23.3 Å². The molecule has 0 unspecified atom stereocenters. The first-order valence-corrected chi connectivity index (χ1v) is 7.07. The number of carbonyl (C=O) groups excluding carboxylic acids is 1. The van der Waals surface area contributed by atoms with E-state index in [4.69, 9.17) is 5.73 Å². The number of hydrogen-bond acceptors (Lipinski definition) is 4. The smallest absolute Gasteiger partial charge is 0.329 e. The topological polar surface area (TPSA) is 113 Å². The molecule has 0 aromatic heterocycles. The molecule has 0 aliphatic carbocycles. The maximum absolute atomic E-state index is 12.0. The van der Waals surface area contributed by atoms with Crippen molar-refractivity contribution < 1.29 is 19.8 Å². The second kappa shape index (κ2) is 7.42. The molecule has 0 saturated heterocycles. The van der Waals surface area contributed by atoms with Crippen molar-refractivity contribution in [2.24, 2.45) is 0 Å². The number of nitrogens with two attached hydrogens (primary N) is 1. The third kappa shape index (κ3) is 4.55. The van der Waals surface area contributed by atoms with Crippen LogP contribution in [0.1, 0.15) is 17.2 Å². The van der Waals surface area contributed by atoms with E-state index >= 15 is 0 Å². The van der Waals surface area contributed by atoms with Gasteiger partial charge in [-0.15, -0.1) is 0 Å². The number of hydrogen-bond donors (Lipinski definition) is 4. The molecule has 23 heavy (non-hydrogen) atoms. The van der Waals surface area contributed by atoms with Gasteiger partial charge in [0.15, 0.2) is 6.04 Å². The highest BCUT2D eigenvalue weighted by atomic mass is 16.4. The van der Waals surface area contributed by atoms with Crippen molar-refractivity contribution in [2.45, 2.75) is 18.6 Å². The Balaban J connectivity index is 2.05. The van der Waals surface area contributed by atoms with Crippen molar-refractivity contribution in [1.82, 2.24) is 5.32 Å². The lowest BCUT2D eigenvalue weighted by Gasteiger charge is -2.20. The Morgan fingerprint density at radius 2 is 1.65 bits per heavy atom. The SMILES string of the molecule is Nc1ccc(CC(=O)N[C@H](C(=O)O)[C@H](O)c2ccccc2)cc1. The summed E-state index contributed by atoms with van der Waals surface area (Å²) in [5.74, 6) is -1.79. The number of aliphatic carboxylic acids is 1. The van der Waals surface area contributed by atoms with Crippen LogP contribution in [0.2, 0.25) is 0 Å². The third-order valence-corrected chi connectivity index (χ3v) is 3.38. The number of carboxylic acids is 1. The molecule has 2 rings (SSSR count). The van der Waals surface area contributed by atoms with Crippen molar-refractivity contribution in [1.29, 1.82) is 0 Å². The second-order valence-corrected chi connectivity index (χ2v) is 5.16. The first-order valence-electron chi connectivity index (χ1n) is 7.07. The quantitative estimate of drug-likeness (QED) is 0.597. The summed E-state index contributed by atoms with van der Waals surface area (Å²) < 4.78 is 0. The molecule has 0 aliphatic rings. The number of anilines is 1. The summed E-state index contributed by atoms with van der Waals surface area (Å²) in [4.78, 5) is 23.4. The zero-order valence-electron chi connectivity index (χ0n) is 12.3. The summed E-state index contributed by atoms with van der Waals surface area (Å²) in [7, 11) is 0. The molecule has 0 spiro atoms. The van der Waals surface area contributed by atoms with Gasteiger partial charge in [-0.1, -0.05) is 42.5 Å². The van der Waals surface area contributed by atoms with Crippen LogP contribution in [0.15, 0.2) is 54.6 Å². The van der Waals surface area contributed by atoms with Crippen LogP contribution in [0.3, 0.4) is 0 Å². The van der Waals surface area contributed by atoms with E-state index in [2.05, 4.69) is 5.32 Å². The van der Waals surface area contributed by atoms with E-state index in [0.717, 1.165) is 0 Å². The van der Waals surface area contributed by atoms with Gasteiger partial charge in [-0.2, -0.15) is 0 Å². The van der Waals surface area contributed by atoms with Crippen LogP contribution in [0.25, 0.3) is 0 Å². The summed E-state index contributed by atoms with van der Waals surface area (Å²) in [5.41, 5.74) is 7.28. The Kier molecular flexibility index (Phi) is 5.32. The summed E-state index contributed by atoms with van der Waals surface area (Å²) in [6, 6.07) is 13.6. The Morgan fingerprint density at radius 3 is 2.22 bits per heavy atom. The van der Waals surface area contributed by atoms with Gasteiger partial charge >= 0.3 is 5.97 Å². The van der Waals surface area contributed by atoms with Crippen LogP contribution >= 0.6 is 0 Å². The normalized spacial score (nSPS) is 13.1. The third-order valence-electron chi connectivity index (χ3n) is 3.38. The van der Waals surface area contributed by atoms with Crippen molar-refractivity contribution in [3.05, 3.63) is 65.7 Å². The van der Waals surface area contributed by atoms with Crippen molar-refractivity contribution in [2.75, 3.05) is 5.73 Å². The number of benzene rings is 2. The molecule has 0 radical (unpaired) electrons. The zero-order valence-corrected chi connectivity index (χ0v) is 12.3. The predicted octanol–water partition coefficient (Wildman–Crippen LogP) is 1.11. The molecule has 2 atom stereocenters. The van der Waals surface area contributed by atoms with E-state index in [9.17, 15) is 19.8 Å². The molecule has 120 valence electrons.